The molecule has 0 radical (unpaired) electrons. The molecule has 1 aliphatic rings. The molecule has 2 rings (SSSR count). The van der Waals surface area contributed by atoms with Crippen LogP contribution >= 0.6 is 0 Å². The number of aliphatic carboxylic acids is 1. The predicted molar refractivity (Wildman–Crippen MR) is 77.7 cm³/mol. The van der Waals surface area contributed by atoms with E-state index in [9.17, 15) is 18.3 Å². The van der Waals surface area contributed by atoms with Crippen LogP contribution in [0.5, 0.6) is 0 Å². The van der Waals surface area contributed by atoms with Crippen molar-refractivity contribution in [1.82, 2.24) is 4.90 Å². The number of rotatable bonds is 5. The molecule has 0 aromatic heterocycles. The zero-order valence-corrected chi connectivity index (χ0v) is 12.6. The minimum Gasteiger partial charge on any atom is -0.480 e. The third-order valence-corrected chi connectivity index (χ3v) is 5.31. The summed E-state index contributed by atoms with van der Waals surface area (Å²) in [5.41, 5.74) is 1.98. The first-order valence-electron chi connectivity index (χ1n) is 6.67. The molecule has 1 fully saturated rings. The van der Waals surface area contributed by atoms with E-state index < -0.39 is 28.0 Å². The lowest BCUT2D eigenvalue weighted by Crippen LogP contribution is -2.45. The van der Waals surface area contributed by atoms with Gasteiger partial charge >= 0.3 is 5.97 Å². The van der Waals surface area contributed by atoms with E-state index in [0.717, 1.165) is 11.1 Å². The second kappa shape index (κ2) is 6.13. The maximum Gasteiger partial charge on any atom is 0.317 e. The Kier molecular flexibility index (Phi) is 4.65. The van der Waals surface area contributed by atoms with E-state index in [-0.39, 0.29) is 18.1 Å². The van der Waals surface area contributed by atoms with Gasteiger partial charge < -0.3 is 10.2 Å². The fourth-order valence-electron chi connectivity index (χ4n) is 2.55. The third kappa shape index (κ3) is 4.26. The molecule has 0 unspecified atom stereocenters. The van der Waals surface area contributed by atoms with Gasteiger partial charge in [0, 0.05) is 6.54 Å². The number of benzene rings is 1. The first-order valence-corrected chi connectivity index (χ1v) is 8.49. The van der Waals surface area contributed by atoms with Crippen LogP contribution in [0.2, 0.25) is 0 Å². The molecule has 0 saturated carbocycles. The van der Waals surface area contributed by atoms with Crippen molar-refractivity contribution >= 4 is 15.8 Å². The van der Waals surface area contributed by atoms with E-state index in [2.05, 4.69) is 0 Å². The molecule has 1 saturated heterocycles. The number of hydrogen-bond acceptors (Lipinski definition) is 5. The lowest BCUT2D eigenvalue weighted by molar-refractivity contribution is -0.139. The van der Waals surface area contributed by atoms with Crippen molar-refractivity contribution < 1.29 is 23.4 Å². The molecule has 0 spiro atoms. The lowest BCUT2D eigenvalue weighted by Gasteiger charge is -2.28. The van der Waals surface area contributed by atoms with Crippen LogP contribution in [-0.2, 0) is 21.2 Å². The molecular formula is C14H19NO5S. The summed E-state index contributed by atoms with van der Waals surface area (Å²) in [6.45, 7) is 1.95. The van der Waals surface area contributed by atoms with E-state index in [1.807, 2.05) is 31.2 Å². The molecule has 1 aliphatic heterocycles. The van der Waals surface area contributed by atoms with Gasteiger partial charge in [-0.05, 0) is 12.5 Å². The van der Waals surface area contributed by atoms with Crippen molar-refractivity contribution in [2.45, 2.75) is 25.6 Å². The quantitative estimate of drug-likeness (QED) is 0.797. The molecule has 1 heterocycles. The summed E-state index contributed by atoms with van der Waals surface area (Å²) in [5, 5.41) is 18.9. The van der Waals surface area contributed by atoms with Gasteiger partial charge in [0.2, 0.25) is 0 Å². The minimum absolute atomic E-state index is 0.201. The van der Waals surface area contributed by atoms with Crippen LogP contribution in [0.3, 0.4) is 0 Å². The van der Waals surface area contributed by atoms with E-state index in [0.29, 0.717) is 6.54 Å². The van der Waals surface area contributed by atoms with E-state index in [4.69, 9.17) is 5.11 Å². The van der Waals surface area contributed by atoms with Crippen LogP contribution < -0.4 is 0 Å². The topological polar surface area (TPSA) is 94.9 Å². The van der Waals surface area contributed by atoms with E-state index >= 15 is 0 Å². The molecule has 6 nitrogen and oxygen atoms in total. The lowest BCUT2D eigenvalue weighted by atomic mass is 10.1. The van der Waals surface area contributed by atoms with Crippen molar-refractivity contribution in [3.63, 3.8) is 0 Å². The van der Waals surface area contributed by atoms with Crippen molar-refractivity contribution in [2.75, 3.05) is 18.1 Å². The average Bonchev–Trinajstić information content (AvgIpc) is 2.64. The standard InChI is InChI=1S/C14H19NO5S/c1-10-2-4-11(5-3-10)6-15(7-14(17)18)12-8-21(19,20)9-13(12)16/h2-5,12-13,16H,6-9H2,1H3,(H,17,18)/t12-,13+/m1/s1. The van der Waals surface area contributed by atoms with Gasteiger partial charge in [0.15, 0.2) is 9.84 Å². The highest BCUT2D eigenvalue weighted by Crippen LogP contribution is 2.20. The predicted octanol–water partition coefficient (Wildman–Crippen LogP) is 0.0395. The number of hydrogen-bond donors (Lipinski definition) is 2. The van der Waals surface area contributed by atoms with Crippen molar-refractivity contribution in [3.8, 4) is 0 Å². The van der Waals surface area contributed by atoms with Crippen LogP contribution in [0, 0.1) is 6.92 Å². The molecule has 0 bridgehead atoms. The molecule has 1 aromatic carbocycles. The zero-order chi connectivity index (χ0) is 15.6. The molecule has 116 valence electrons. The Labute approximate surface area is 123 Å². The average molecular weight is 313 g/mol. The highest BCUT2D eigenvalue weighted by molar-refractivity contribution is 7.91. The van der Waals surface area contributed by atoms with Crippen molar-refractivity contribution in [2.24, 2.45) is 0 Å². The summed E-state index contributed by atoms with van der Waals surface area (Å²) in [6, 6.07) is 6.90. The van der Waals surface area contributed by atoms with Gasteiger partial charge in [-0.25, -0.2) is 8.42 Å². The number of aliphatic hydroxyl groups is 1. The summed E-state index contributed by atoms with van der Waals surface area (Å²) < 4.78 is 23.2. The van der Waals surface area contributed by atoms with Gasteiger partial charge in [0.1, 0.15) is 0 Å². The van der Waals surface area contributed by atoms with Crippen LogP contribution in [0.25, 0.3) is 0 Å². The minimum atomic E-state index is -3.31. The highest BCUT2D eigenvalue weighted by Gasteiger charge is 2.40. The molecule has 2 N–H and O–H groups in total. The van der Waals surface area contributed by atoms with Crippen LogP contribution in [0.1, 0.15) is 11.1 Å². The maximum atomic E-state index is 11.6. The van der Waals surface area contributed by atoms with Gasteiger partial charge in [-0.3, -0.25) is 9.69 Å². The number of carbonyl (C=O) groups is 1. The molecule has 2 atom stereocenters. The van der Waals surface area contributed by atoms with Gasteiger partial charge in [0.25, 0.3) is 0 Å². The van der Waals surface area contributed by atoms with E-state index in [1.54, 1.807) is 0 Å². The second-order valence-electron chi connectivity index (χ2n) is 5.50. The molecule has 0 aliphatic carbocycles. The first kappa shape index (κ1) is 15.9. The Morgan fingerprint density at radius 2 is 1.90 bits per heavy atom. The van der Waals surface area contributed by atoms with Crippen LogP contribution in [0.4, 0.5) is 0 Å². The summed E-state index contributed by atoms with van der Waals surface area (Å²) in [4.78, 5) is 12.5. The van der Waals surface area contributed by atoms with Crippen molar-refractivity contribution in [1.29, 1.82) is 0 Å². The number of aliphatic hydroxyl groups excluding tert-OH is 1. The third-order valence-electron chi connectivity index (χ3n) is 3.61. The second-order valence-corrected chi connectivity index (χ2v) is 7.65. The SMILES string of the molecule is Cc1ccc(CN(CC(=O)O)[C@@H]2CS(=O)(=O)C[C@@H]2O)cc1. The number of nitrogens with zero attached hydrogens (tertiary/aromatic N) is 1. The Bertz CT molecular complexity index is 611. The zero-order valence-electron chi connectivity index (χ0n) is 11.8. The Morgan fingerprint density at radius 1 is 1.29 bits per heavy atom. The van der Waals surface area contributed by atoms with Gasteiger partial charge in [-0.1, -0.05) is 29.8 Å². The molecule has 7 heteroatoms. The largest absolute Gasteiger partial charge is 0.480 e. The fraction of sp³-hybridized carbons (Fsp3) is 0.500. The van der Waals surface area contributed by atoms with Gasteiger partial charge in [0.05, 0.1) is 30.2 Å². The number of carboxylic acid groups (broad SMARTS) is 1. The Morgan fingerprint density at radius 3 is 2.38 bits per heavy atom. The number of carboxylic acids is 1. The van der Waals surface area contributed by atoms with E-state index in [1.165, 1.54) is 4.90 Å². The number of aryl methyl sites for hydroxylation is 1. The van der Waals surface area contributed by atoms with Gasteiger partial charge in [-0.2, -0.15) is 0 Å². The first-order chi connectivity index (χ1) is 9.77. The maximum absolute atomic E-state index is 11.6. The van der Waals surface area contributed by atoms with Crippen LogP contribution in [-0.4, -0.2) is 59.7 Å². The summed E-state index contributed by atoms with van der Waals surface area (Å²) >= 11 is 0. The smallest absolute Gasteiger partial charge is 0.317 e. The van der Waals surface area contributed by atoms with Gasteiger partial charge in [-0.15, -0.1) is 0 Å². The highest BCUT2D eigenvalue weighted by atomic mass is 32.2. The molecule has 0 amide bonds. The fourth-order valence-corrected chi connectivity index (χ4v) is 4.38. The molecule has 21 heavy (non-hydrogen) atoms. The normalized spacial score (nSPS) is 24.3. The monoisotopic (exact) mass is 313 g/mol. The molecule has 1 aromatic rings. The van der Waals surface area contributed by atoms with Crippen molar-refractivity contribution in [3.05, 3.63) is 35.4 Å². The summed E-state index contributed by atoms with van der Waals surface area (Å²) in [7, 11) is -3.31. The Balaban J connectivity index is 2.18. The molecular weight excluding hydrogens is 294 g/mol. The Hall–Kier alpha value is -1.44. The summed E-state index contributed by atoms with van der Waals surface area (Å²) in [5.74, 6) is -1.55. The summed E-state index contributed by atoms with van der Waals surface area (Å²) in [6.07, 6.45) is -1.04. The van der Waals surface area contributed by atoms with Crippen LogP contribution in [0.15, 0.2) is 24.3 Å². The number of sulfone groups is 1.